The third kappa shape index (κ3) is 5.45. The molecule has 1 aliphatic rings. The third-order valence-corrected chi connectivity index (χ3v) is 5.47. The van der Waals surface area contributed by atoms with Crippen molar-refractivity contribution in [3.63, 3.8) is 0 Å². The van der Waals surface area contributed by atoms with Crippen molar-refractivity contribution in [2.45, 2.75) is 37.4 Å². The van der Waals surface area contributed by atoms with Crippen molar-refractivity contribution >= 4 is 29.0 Å². The Morgan fingerprint density at radius 2 is 1.86 bits per heavy atom. The van der Waals surface area contributed by atoms with Gasteiger partial charge in [0, 0.05) is 35.8 Å². The zero-order chi connectivity index (χ0) is 20.1. The molecular weight excluding hydrogens is 382 g/mol. The van der Waals surface area contributed by atoms with Gasteiger partial charge in [0.15, 0.2) is 0 Å². The van der Waals surface area contributed by atoms with Gasteiger partial charge in [-0.15, -0.1) is 11.8 Å². The second-order valence-electron chi connectivity index (χ2n) is 6.91. The predicted molar refractivity (Wildman–Crippen MR) is 109 cm³/mol. The summed E-state index contributed by atoms with van der Waals surface area (Å²) in [5.74, 6) is -0.460. The zero-order valence-electron chi connectivity index (χ0n) is 16.0. The second-order valence-corrected chi connectivity index (χ2v) is 8.04. The van der Waals surface area contributed by atoms with Crippen molar-refractivity contribution in [1.29, 1.82) is 0 Å². The molecule has 2 unspecified atom stereocenters. The van der Waals surface area contributed by atoms with E-state index in [1.54, 1.807) is 30.3 Å². The molecule has 0 aromatic heterocycles. The molecule has 0 saturated carbocycles. The molecule has 0 radical (unpaired) electrons. The number of anilines is 2. The molecule has 2 aromatic rings. The van der Waals surface area contributed by atoms with Gasteiger partial charge in [-0.1, -0.05) is 12.1 Å². The maximum atomic E-state index is 14.6. The summed E-state index contributed by atoms with van der Waals surface area (Å²) >= 11 is 1.28. The normalized spacial score (nSPS) is 19.5. The van der Waals surface area contributed by atoms with Crippen molar-refractivity contribution in [3.05, 3.63) is 54.1 Å². The van der Waals surface area contributed by atoms with Crippen molar-refractivity contribution in [1.82, 2.24) is 0 Å². The van der Waals surface area contributed by atoms with Crippen molar-refractivity contribution in [2.75, 3.05) is 29.1 Å². The Kier molecular flexibility index (Phi) is 6.91. The molecule has 0 spiro atoms. The molecule has 0 bridgehead atoms. The van der Waals surface area contributed by atoms with Crippen LogP contribution in [0.2, 0.25) is 0 Å². The van der Waals surface area contributed by atoms with E-state index >= 15 is 0 Å². The van der Waals surface area contributed by atoms with Crippen LogP contribution in [0, 0.1) is 11.6 Å². The fourth-order valence-corrected chi connectivity index (χ4v) is 4.14. The number of carbonyl (C=O) groups excluding carboxylic acids is 1. The molecule has 1 fully saturated rings. The number of nitrogens with zero attached hydrogens (tertiary/aromatic N) is 1. The Hall–Kier alpha value is -2.12. The minimum Gasteiger partial charge on any atom is -0.372 e. The number of hydrogen-bond acceptors (Lipinski definition) is 4. The number of carbonyl (C=O) groups is 1. The van der Waals surface area contributed by atoms with Crippen LogP contribution < -0.4 is 10.2 Å². The zero-order valence-corrected chi connectivity index (χ0v) is 16.8. The monoisotopic (exact) mass is 406 g/mol. The first kappa shape index (κ1) is 20.6. The minimum absolute atomic E-state index is 0.0366. The molecule has 150 valence electrons. The van der Waals surface area contributed by atoms with Crippen LogP contribution in [0.3, 0.4) is 0 Å². The van der Waals surface area contributed by atoms with Gasteiger partial charge in [-0.25, -0.2) is 8.78 Å². The number of hydrogen-bond donors (Lipinski definition) is 1. The quantitative estimate of drug-likeness (QED) is 0.706. The molecule has 28 heavy (non-hydrogen) atoms. The summed E-state index contributed by atoms with van der Waals surface area (Å²) in [6.45, 7) is 5.18. The van der Waals surface area contributed by atoms with Gasteiger partial charge in [-0.05, 0) is 44.2 Å². The summed E-state index contributed by atoms with van der Waals surface area (Å²) < 4.78 is 33.8. The van der Waals surface area contributed by atoms with Crippen LogP contribution in [0.1, 0.15) is 20.3 Å². The van der Waals surface area contributed by atoms with E-state index in [0.717, 1.165) is 0 Å². The topological polar surface area (TPSA) is 41.6 Å². The molecule has 1 N–H and O–H groups in total. The first-order chi connectivity index (χ1) is 13.4. The standard InChI is InChI=1S/C21H24F2N2O2S/c1-14-12-25(13-15(2)27-14)19-8-7-16(11-18(19)23)24-21(26)9-10-28-20-6-4-3-5-17(20)22/h3-8,11,14-15H,9-10,12-13H2,1-2H3,(H,24,26). The molecule has 1 saturated heterocycles. The number of morpholine rings is 1. The molecule has 2 atom stereocenters. The number of rotatable bonds is 6. The van der Waals surface area contributed by atoms with Crippen LogP contribution in [0.25, 0.3) is 0 Å². The van der Waals surface area contributed by atoms with Crippen LogP contribution in [0.5, 0.6) is 0 Å². The van der Waals surface area contributed by atoms with Gasteiger partial charge >= 0.3 is 0 Å². The largest absolute Gasteiger partial charge is 0.372 e. The minimum atomic E-state index is -0.375. The number of ether oxygens (including phenoxy) is 1. The number of thioether (sulfide) groups is 1. The lowest BCUT2D eigenvalue weighted by Gasteiger charge is -2.37. The van der Waals surface area contributed by atoms with E-state index in [1.807, 2.05) is 18.7 Å². The summed E-state index contributed by atoms with van der Waals surface area (Å²) in [6, 6.07) is 11.2. The molecule has 1 amide bonds. The fraction of sp³-hybridized carbons (Fsp3) is 0.381. The Morgan fingerprint density at radius 3 is 2.54 bits per heavy atom. The van der Waals surface area contributed by atoms with Gasteiger partial charge in [0.25, 0.3) is 0 Å². The van der Waals surface area contributed by atoms with E-state index in [4.69, 9.17) is 4.74 Å². The third-order valence-electron chi connectivity index (χ3n) is 4.42. The Bertz CT molecular complexity index is 824. The van der Waals surface area contributed by atoms with Crippen LogP contribution in [0.4, 0.5) is 20.2 Å². The van der Waals surface area contributed by atoms with E-state index in [-0.39, 0.29) is 36.2 Å². The summed E-state index contributed by atoms with van der Waals surface area (Å²) in [5, 5.41) is 2.70. The highest BCUT2D eigenvalue weighted by Gasteiger charge is 2.24. The molecule has 2 aromatic carbocycles. The highest BCUT2D eigenvalue weighted by atomic mass is 32.2. The summed E-state index contributed by atoms with van der Waals surface area (Å²) in [7, 11) is 0. The van der Waals surface area contributed by atoms with Crippen LogP contribution in [-0.4, -0.2) is 37.0 Å². The van der Waals surface area contributed by atoms with Gasteiger partial charge < -0.3 is 15.0 Å². The first-order valence-electron chi connectivity index (χ1n) is 9.29. The summed E-state index contributed by atoms with van der Waals surface area (Å²) in [5.41, 5.74) is 0.923. The van der Waals surface area contributed by atoms with E-state index < -0.39 is 0 Å². The van der Waals surface area contributed by atoms with Gasteiger partial charge in [-0.2, -0.15) is 0 Å². The first-order valence-corrected chi connectivity index (χ1v) is 10.3. The molecule has 4 nitrogen and oxygen atoms in total. The summed E-state index contributed by atoms with van der Waals surface area (Å²) in [6.07, 6.45) is 0.282. The molecule has 1 aliphatic heterocycles. The van der Waals surface area contributed by atoms with Crippen molar-refractivity contribution in [3.8, 4) is 0 Å². The number of amides is 1. The molecule has 0 aliphatic carbocycles. The average molecular weight is 406 g/mol. The van der Waals surface area contributed by atoms with Gasteiger partial charge in [-0.3, -0.25) is 4.79 Å². The highest BCUT2D eigenvalue weighted by Crippen LogP contribution is 2.26. The lowest BCUT2D eigenvalue weighted by molar-refractivity contribution is -0.115. The average Bonchev–Trinajstić information content (AvgIpc) is 2.62. The smallest absolute Gasteiger partial charge is 0.225 e. The lowest BCUT2D eigenvalue weighted by Crippen LogP contribution is -2.45. The molecular formula is C21H24F2N2O2S. The van der Waals surface area contributed by atoms with E-state index in [0.29, 0.717) is 35.1 Å². The second kappa shape index (κ2) is 9.39. The maximum absolute atomic E-state index is 14.6. The fourth-order valence-electron chi connectivity index (χ4n) is 3.25. The number of halogens is 2. The molecule has 1 heterocycles. The van der Waals surface area contributed by atoms with Crippen LogP contribution >= 0.6 is 11.8 Å². The van der Waals surface area contributed by atoms with Gasteiger partial charge in [0.2, 0.25) is 5.91 Å². The molecule has 7 heteroatoms. The van der Waals surface area contributed by atoms with E-state index in [2.05, 4.69) is 5.32 Å². The van der Waals surface area contributed by atoms with Crippen molar-refractivity contribution in [2.24, 2.45) is 0 Å². The van der Waals surface area contributed by atoms with Crippen molar-refractivity contribution < 1.29 is 18.3 Å². The maximum Gasteiger partial charge on any atom is 0.225 e. The SMILES string of the molecule is CC1CN(c2ccc(NC(=O)CCSc3ccccc3F)cc2F)CC(C)O1. The van der Waals surface area contributed by atoms with E-state index in [1.165, 1.54) is 23.9 Å². The Labute approximate surface area is 168 Å². The Balaban J connectivity index is 1.53. The molecule has 3 rings (SSSR count). The van der Waals surface area contributed by atoms with Gasteiger partial charge in [0.1, 0.15) is 11.6 Å². The van der Waals surface area contributed by atoms with Gasteiger partial charge in [0.05, 0.1) is 17.9 Å². The highest BCUT2D eigenvalue weighted by molar-refractivity contribution is 7.99. The van der Waals surface area contributed by atoms with Crippen LogP contribution in [-0.2, 0) is 9.53 Å². The predicted octanol–water partition coefficient (Wildman–Crippen LogP) is 4.70. The van der Waals surface area contributed by atoms with E-state index in [9.17, 15) is 13.6 Å². The number of nitrogens with one attached hydrogen (secondary N) is 1. The lowest BCUT2D eigenvalue weighted by atomic mass is 10.2. The van der Waals surface area contributed by atoms with Crippen LogP contribution in [0.15, 0.2) is 47.4 Å². The summed E-state index contributed by atoms with van der Waals surface area (Å²) in [4.78, 5) is 14.6. The Morgan fingerprint density at radius 1 is 1.14 bits per heavy atom. The number of benzene rings is 2.